The predicted octanol–water partition coefficient (Wildman–Crippen LogP) is 1.54. The first-order chi connectivity index (χ1) is 6.72. The highest BCUT2D eigenvalue weighted by molar-refractivity contribution is 7.99. The Balaban J connectivity index is 2.29. The zero-order chi connectivity index (χ0) is 10.4. The maximum atomic E-state index is 10.6. The lowest BCUT2D eigenvalue weighted by Crippen LogP contribution is -2.34. The Morgan fingerprint density at radius 2 is 2.43 bits per heavy atom. The molecule has 4 heteroatoms. The van der Waals surface area contributed by atoms with Crippen molar-refractivity contribution >= 4 is 17.7 Å². The number of nitrogens with zero attached hydrogens (tertiary/aromatic N) is 1. The van der Waals surface area contributed by atoms with Crippen LogP contribution in [0.1, 0.15) is 19.8 Å². The Morgan fingerprint density at radius 3 is 2.93 bits per heavy atom. The van der Waals surface area contributed by atoms with Gasteiger partial charge >= 0.3 is 5.97 Å². The second-order valence-corrected chi connectivity index (χ2v) is 5.01. The summed E-state index contributed by atoms with van der Waals surface area (Å²) in [7, 11) is 0. The summed E-state index contributed by atoms with van der Waals surface area (Å²) in [5, 5.41) is 8.74. The molecule has 0 aliphatic carbocycles. The molecule has 1 atom stereocenters. The molecule has 82 valence electrons. The number of thioether (sulfide) groups is 1. The van der Waals surface area contributed by atoms with Gasteiger partial charge in [-0.15, -0.1) is 0 Å². The second kappa shape index (κ2) is 6.30. The van der Waals surface area contributed by atoms with Crippen molar-refractivity contribution in [3.05, 3.63) is 0 Å². The first-order valence-corrected chi connectivity index (χ1v) is 6.39. The minimum atomic E-state index is -0.705. The van der Waals surface area contributed by atoms with Crippen LogP contribution in [0.5, 0.6) is 0 Å². The molecule has 1 unspecified atom stereocenters. The number of carbonyl (C=O) groups is 1. The maximum absolute atomic E-state index is 10.6. The standard InChI is InChI=1S/C10H19NO2S/c1-2-4-11(7-10(12)13)6-9-3-5-14-8-9/h9H,2-8H2,1H3,(H,12,13). The van der Waals surface area contributed by atoms with Crippen LogP contribution in [-0.2, 0) is 4.79 Å². The van der Waals surface area contributed by atoms with Crippen molar-refractivity contribution in [2.75, 3.05) is 31.1 Å². The molecule has 1 aliphatic heterocycles. The van der Waals surface area contributed by atoms with E-state index in [9.17, 15) is 4.79 Å². The summed E-state index contributed by atoms with van der Waals surface area (Å²) >= 11 is 1.99. The Labute approximate surface area is 89.9 Å². The van der Waals surface area contributed by atoms with Crippen molar-refractivity contribution in [2.45, 2.75) is 19.8 Å². The molecule has 0 aromatic rings. The normalized spacial score (nSPS) is 21.7. The number of rotatable bonds is 6. The third kappa shape index (κ3) is 4.33. The second-order valence-electron chi connectivity index (χ2n) is 3.86. The molecular weight excluding hydrogens is 198 g/mol. The van der Waals surface area contributed by atoms with Gasteiger partial charge in [0.15, 0.2) is 0 Å². The fourth-order valence-electron chi connectivity index (χ4n) is 1.83. The largest absolute Gasteiger partial charge is 0.480 e. The number of carboxylic acid groups (broad SMARTS) is 1. The predicted molar refractivity (Wildman–Crippen MR) is 59.8 cm³/mol. The van der Waals surface area contributed by atoms with Crippen LogP contribution in [-0.4, -0.2) is 47.1 Å². The Hall–Kier alpha value is -0.220. The van der Waals surface area contributed by atoms with Gasteiger partial charge in [0.25, 0.3) is 0 Å². The van der Waals surface area contributed by atoms with Gasteiger partial charge in [-0.1, -0.05) is 6.92 Å². The van der Waals surface area contributed by atoms with Crippen molar-refractivity contribution in [2.24, 2.45) is 5.92 Å². The number of hydrogen-bond acceptors (Lipinski definition) is 3. The van der Waals surface area contributed by atoms with E-state index in [-0.39, 0.29) is 6.54 Å². The molecular formula is C10H19NO2S. The molecule has 0 spiro atoms. The summed E-state index contributed by atoms with van der Waals surface area (Å²) in [6.07, 6.45) is 2.29. The summed E-state index contributed by atoms with van der Waals surface area (Å²) < 4.78 is 0. The van der Waals surface area contributed by atoms with E-state index in [0.717, 1.165) is 19.5 Å². The molecule has 1 saturated heterocycles. The number of hydrogen-bond donors (Lipinski definition) is 1. The highest BCUT2D eigenvalue weighted by atomic mass is 32.2. The van der Waals surface area contributed by atoms with Crippen molar-refractivity contribution in [3.8, 4) is 0 Å². The van der Waals surface area contributed by atoms with Crippen LogP contribution >= 0.6 is 11.8 Å². The van der Waals surface area contributed by atoms with Crippen molar-refractivity contribution < 1.29 is 9.90 Å². The molecule has 0 bridgehead atoms. The third-order valence-corrected chi connectivity index (χ3v) is 3.67. The number of carboxylic acids is 1. The molecule has 0 aromatic carbocycles. The highest BCUT2D eigenvalue weighted by Gasteiger charge is 2.19. The molecule has 14 heavy (non-hydrogen) atoms. The lowest BCUT2D eigenvalue weighted by atomic mass is 10.1. The van der Waals surface area contributed by atoms with Crippen LogP contribution in [0.3, 0.4) is 0 Å². The third-order valence-electron chi connectivity index (χ3n) is 2.44. The van der Waals surface area contributed by atoms with Crippen molar-refractivity contribution in [1.82, 2.24) is 4.90 Å². The van der Waals surface area contributed by atoms with Gasteiger partial charge in [-0.3, -0.25) is 9.69 Å². The fraction of sp³-hybridized carbons (Fsp3) is 0.900. The first kappa shape index (κ1) is 11.9. The molecule has 0 radical (unpaired) electrons. The minimum Gasteiger partial charge on any atom is -0.480 e. The van der Waals surface area contributed by atoms with Crippen molar-refractivity contribution in [3.63, 3.8) is 0 Å². The Morgan fingerprint density at radius 1 is 1.64 bits per heavy atom. The molecule has 0 aromatic heterocycles. The van der Waals surface area contributed by atoms with E-state index in [4.69, 9.17) is 5.11 Å². The van der Waals surface area contributed by atoms with E-state index < -0.39 is 5.97 Å². The minimum absolute atomic E-state index is 0.203. The van der Waals surface area contributed by atoms with Crippen LogP contribution in [0.4, 0.5) is 0 Å². The topological polar surface area (TPSA) is 40.5 Å². The molecule has 1 aliphatic rings. The van der Waals surface area contributed by atoms with E-state index in [2.05, 4.69) is 11.8 Å². The summed E-state index contributed by atoms with van der Waals surface area (Å²) in [5.74, 6) is 2.47. The van der Waals surface area contributed by atoms with Crippen LogP contribution < -0.4 is 0 Å². The van der Waals surface area contributed by atoms with Gasteiger partial charge in [-0.2, -0.15) is 11.8 Å². The molecule has 0 amide bonds. The van der Waals surface area contributed by atoms with Crippen LogP contribution in [0.25, 0.3) is 0 Å². The smallest absolute Gasteiger partial charge is 0.317 e. The van der Waals surface area contributed by atoms with Crippen molar-refractivity contribution in [1.29, 1.82) is 0 Å². The summed E-state index contributed by atoms with van der Waals surface area (Å²) in [6.45, 7) is 4.17. The van der Waals surface area contributed by atoms with Gasteiger partial charge in [0.1, 0.15) is 0 Å². The van der Waals surface area contributed by atoms with E-state index in [1.54, 1.807) is 0 Å². The zero-order valence-electron chi connectivity index (χ0n) is 8.74. The molecule has 1 rings (SSSR count). The molecule has 0 saturated carbocycles. The number of aliphatic carboxylic acids is 1. The molecule has 1 heterocycles. The van der Waals surface area contributed by atoms with E-state index in [1.165, 1.54) is 17.9 Å². The lowest BCUT2D eigenvalue weighted by Gasteiger charge is -2.22. The Kier molecular flexibility index (Phi) is 5.33. The summed E-state index contributed by atoms with van der Waals surface area (Å²) in [5.41, 5.74) is 0. The summed E-state index contributed by atoms with van der Waals surface area (Å²) in [4.78, 5) is 12.7. The van der Waals surface area contributed by atoms with Crippen LogP contribution in [0.15, 0.2) is 0 Å². The van der Waals surface area contributed by atoms with E-state index in [1.807, 2.05) is 11.8 Å². The molecule has 1 N–H and O–H groups in total. The Bertz CT molecular complexity index is 181. The fourth-order valence-corrected chi connectivity index (χ4v) is 3.11. The van der Waals surface area contributed by atoms with Gasteiger partial charge in [0.2, 0.25) is 0 Å². The molecule has 3 nitrogen and oxygen atoms in total. The summed E-state index contributed by atoms with van der Waals surface area (Å²) in [6, 6.07) is 0. The monoisotopic (exact) mass is 217 g/mol. The van der Waals surface area contributed by atoms with Gasteiger partial charge in [-0.05, 0) is 36.8 Å². The maximum Gasteiger partial charge on any atom is 0.317 e. The van der Waals surface area contributed by atoms with Gasteiger partial charge in [0.05, 0.1) is 6.54 Å². The SMILES string of the molecule is CCCN(CC(=O)O)CC1CCSC1. The molecule has 1 fully saturated rings. The van der Waals surface area contributed by atoms with E-state index >= 15 is 0 Å². The zero-order valence-corrected chi connectivity index (χ0v) is 9.55. The highest BCUT2D eigenvalue weighted by Crippen LogP contribution is 2.24. The van der Waals surface area contributed by atoms with Gasteiger partial charge in [-0.25, -0.2) is 0 Å². The van der Waals surface area contributed by atoms with E-state index in [0.29, 0.717) is 5.92 Å². The van der Waals surface area contributed by atoms with Crippen LogP contribution in [0.2, 0.25) is 0 Å². The quantitative estimate of drug-likeness (QED) is 0.732. The van der Waals surface area contributed by atoms with Gasteiger partial charge in [0, 0.05) is 6.54 Å². The lowest BCUT2D eigenvalue weighted by molar-refractivity contribution is -0.138. The van der Waals surface area contributed by atoms with Crippen LogP contribution in [0, 0.1) is 5.92 Å². The van der Waals surface area contributed by atoms with Gasteiger partial charge < -0.3 is 5.11 Å². The first-order valence-electron chi connectivity index (χ1n) is 5.24. The average Bonchev–Trinajstić information content (AvgIpc) is 2.56. The average molecular weight is 217 g/mol.